The molecule has 1 aromatic carbocycles. The minimum atomic E-state index is -0.299. The van der Waals surface area contributed by atoms with E-state index in [0.29, 0.717) is 11.1 Å². The second-order valence-electron chi connectivity index (χ2n) is 7.89. The third-order valence-corrected chi connectivity index (χ3v) is 5.54. The average molecular weight is 429 g/mol. The van der Waals surface area contributed by atoms with Crippen molar-refractivity contribution in [1.29, 1.82) is 0 Å². The van der Waals surface area contributed by atoms with E-state index in [2.05, 4.69) is 47.4 Å². The lowest BCUT2D eigenvalue weighted by atomic mass is 10.1. The van der Waals surface area contributed by atoms with Gasteiger partial charge in [0.25, 0.3) is 5.91 Å². The van der Waals surface area contributed by atoms with Gasteiger partial charge in [0.05, 0.1) is 17.3 Å². The quantitative estimate of drug-likeness (QED) is 0.524. The van der Waals surface area contributed by atoms with Crippen LogP contribution in [0.25, 0.3) is 22.2 Å². The molecule has 1 amide bonds. The largest absolute Gasteiger partial charge is 0.354 e. The van der Waals surface area contributed by atoms with Crippen LogP contribution in [0, 0.1) is 0 Å². The lowest BCUT2D eigenvalue weighted by Crippen LogP contribution is -2.44. The molecule has 162 valence electrons. The van der Waals surface area contributed by atoms with E-state index in [1.807, 2.05) is 37.5 Å². The summed E-state index contributed by atoms with van der Waals surface area (Å²) in [5.74, 6) is 0.821. The van der Waals surface area contributed by atoms with Gasteiger partial charge in [0, 0.05) is 56.6 Å². The fourth-order valence-electron chi connectivity index (χ4n) is 3.64. The summed E-state index contributed by atoms with van der Waals surface area (Å²) in [5, 5.41) is 11.7. The SMILES string of the molecule is CN1CCN(c2ccc(C(=O)Nc3ncc4ccc(-c5cn(C)nn5)cc4n3)cn2)CC1. The number of likely N-dealkylation sites (N-methyl/N-ethyl adjacent to an activating group) is 1. The van der Waals surface area contributed by atoms with Crippen LogP contribution < -0.4 is 10.2 Å². The number of pyridine rings is 1. The van der Waals surface area contributed by atoms with Gasteiger partial charge in [0.1, 0.15) is 11.5 Å². The van der Waals surface area contributed by atoms with E-state index in [0.717, 1.165) is 48.6 Å². The molecule has 32 heavy (non-hydrogen) atoms. The Morgan fingerprint density at radius 2 is 1.84 bits per heavy atom. The molecule has 0 saturated carbocycles. The molecule has 1 N–H and O–H groups in total. The fraction of sp³-hybridized carbons (Fsp3) is 0.273. The van der Waals surface area contributed by atoms with Gasteiger partial charge >= 0.3 is 0 Å². The Kier molecular flexibility index (Phi) is 5.20. The number of carbonyl (C=O) groups excluding carboxylic acids is 1. The van der Waals surface area contributed by atoms with Crippen LogP contribution >= 0.6 is 0 Å². The average Bonchev–Trinajstić information content (AvgIpc) is 3.25. The number of aryl methyl sites for hydroxylation is 1. The Morgan fingerprint density at radius 3 is 2.56 bits per heavy atom. The van der Waals surface area contributed by atoms with Crippen molar-refractivity contribution >= 4 is 28.6 Å². The summed E-state index contributed by atoms with van der Waals surface area (Å²) in [6.07, 6.45) is 5.12. The molecule has 3 aromatic heterocycles. The molecule has 10 nitrogen and oxygen atoms in total. The number of benzene rings is 1. The molecule has 10 heteroatoms. The van der Waals surface area contributed by atoms with Gasteiger partial charge in [-0.2, -0.15) is 0 Å². The molecule has 1 aliphatic rings. The Bertz CT molecular complexity index is 1260. The summed E-state index contributed by atoms with van der Waals surface area (Å²) in [6.45, 7) is 3.86. The van der Waals surface area contributed by atoms with Crippen LogP contribution in [0.1, 0.15) is 10.4 Å². The molecule has 4 heterocycles. The highest BCUT2D eigenvalue weighted by atomic mass is 16.1. The van der Waals surface area contributed by atoms with Gasteiger partial charge in [0.2, 0.25) is 5.95 Å². The molecule has 4 aromatic rings. The highest BCUT2D eigenvalue weighted by Crippen LogP contribution is 2.22. The molecule has 0 unspecified atom stereocenters. The van der Waals surface area contributed by atoms with Gasteiger partial charge in [-0.05, 0) is 25.2 Å². The number of carbonyl (C=O) groups is 1. The summed E-state index contributed by atoms with van der Waals surface area (Å²) in [6, 6.07) is 9.44. The van der Waals surface area contributed by atoms with Crippen molar-refractivity contribution in [3.8, 4) is 11.3 Å². The van der Waals surface area contributed by atoms with Crippen molar-refractivity contribution < 1.29 is 4.79 Å². The highest BCUT2D eigenvalue weighted by molar-refractivity contribution is 6.03. The molecule has 0 aliphatic carbocycles. The molecule has 1 saturated heterocycles. The Labute approximate surface area is 184 Å². The zero-order valence-corrected chi connectivity index (χ0v) is 17.9. The second kappa shape index (κ2) is 8.31. The molecule has 0 radical (unpaired) electrons. The van der Waals surface area contributed by atoms with E-state index < -0.39 is 0 Å². The van der Waals surface area contributed by atoms with Crippen molar-refractivity contribution in [2.75, 3.05) is 43.4 Å². The van der Waals surface area contributed by atoms with Crippen LogP contribution in [0.4, 0.5) is 11.8 Å². The highest BCUT2D eigenvalue weighted by Gasteiger charge is 2.16. The van der Waals surface area contributed by atoms with Crippen molar-refractivity contribution in [1.82, 2.24) is 34.8 Å². The third kappa shape index (κ3) is 4.12. The van der Waals surface area contributed by atoms with Crippen molar-refractivity contribution in [2.45, 2.75) is 0 Å². The Hall–Kier alpha value is -3.92. The van der Waals surface area contributed by atoms with Crippen LogP contribution in [-0.2, 0) is 7.05 Å². The predicted molar refractivity (Wildman–Crippen MR) is 121 cm³/mol. The van der Waals surface area contributed by atoms with Crippen LogP contribution in [-0.4, -0.2) is 74.0 Å². The molecule has 1 fully saturated rings. The zero-order valence-electron chi connectivity index (χ0n) is 17.9. The summed E-state index contributed by atoms with van der Waals surface area (Å²) < 4.78 is 1.65. The van der Waals surface area contributed by atoms with Crippen molar-refractivity contribution in [3.63, 3.8) is 0 Å². The van der Waals surface area contributed by atoms with Crippen molar-refractivity contribution in [2.24, 2.45) is 7.05 Å². The number of aromatic nitrogens is 6. The lowest BCUT2D eigenvalue weighted by molar-refractivity contribution is 0.102. The maximum absolute atomic E-state index is 12.7. The van der Waals surface area contributed by atoms with E-state index in [1.165, 1.54) is 0 Å². The number of rotatable bonds is 4. The summed E-state index contributed by atoms with van der Waals surface area (Å²) in [4.78, 5) is 30.5. The van der Waals surface area contributed by atoms with Crippen LogP contribution in [0.2, 0.25) is 0 Å². The summed E-state index contributed by atoms with van der Waals surface area (Å²) in [7, 11) is 3.93. The van der Waals surface area contributed by atoms with Crippen LogP contribution in [0.15, 0.2) is 48.9 Å². The molecule has 1 aliphatic heterocycles. The van der Waals surface area contributed by atoms with E-state index in [9.17, 15) is 4.79 Å². The molecular weight excluding hydrogens is 406 g/mol. The Morgan fingerprint density at radius 1 is 1.00 bits per heavy atom. The van der Waals surface area contributed by atoms with Crippen molar-refractivity contribution in [3.05, 3.63) is 54.5 Å². The minimum Gasteiger partial charge on any atom is -0.354 e. The number of fused-ring (bicyclic) bond motifs is 1. The number of nitrogens with zero attached hydrogens (tertiary/aromatic N) is 8. The maximum Gasteiger partial charge on any atom is 0.259 e. The number of piperazine rings is 1. The van der Waals surface area contributed by atoms with E-state index >= 15 is 0 Å². The Balaban J connectivity index is 1.31. The first-order valence-electron chi connectivity index (χ1n) is 10.4. The van der Waals surface area contributed by atoms with E-state index in [4.69, 9.17) is 0 Å². The minimum absolute atomic E-state index is 0.238. The predicted octanol–water partition coefficient (Wildman–Crippen LogP) is 1.82. The first-order chi connectivity index (χ1) is 15.5. The molecule has 0 spiro atoms. The zero-order chi connectivity index (χ0) is 22.1. The summed E-state index contributed by atoms with van der Waals surface area (Å²) in [5.41, 5.74) is 2.82. The van der Waals surface area contributed by atoms with Gasteiger partial charge in [-0.1, -0.05) is 17.3 Å². The van der Waals surface area contributed by atoms with Gasteiger partial charge in [-0.3, -0.25) is 14.8 Å². The third-order valence-electron chi connectivity index (χ3n) is 5.54. The standard InChI is InChI=1S/C22H23N9O/c1-29-7-9-31(10-8-29)20-6-5-17(13-23-20)21(32)26-22-24-12-16-4-3-15(11-18(16)25-22)19-14-30(2)28-27-19/h3-6,11-14H,7-10H2,1-2H3,(H,24,25,26,32). The topological polar surface area (TPSA) is 105 Å². The number of anilines is 2. The molecule has 0 bridgehead atoms. The number of hydrogen-bond acceptors (Lipinski definition) is 8. The second-order valence-corrected chi connectivity index (χ2v) is 7.89. The van der Waals surface area contributed by atoms with Gasteiger partial charge in [-0.25, -0.2) is 15.0 Å². The summed E-state index contributed by atoms with van der Waals surface area (Å²) >= 11 is 0. The lowest BCUT2D eigenvalue weighted by Gasteiger charge is -2.33. The van der Waals surface area contributed by atoms with Crippen LogP contribution in [0.5, 0.6) is 0 Å². The van der Waals surface area contributed by atoms with Gasteiger partial charge in [0.15, 0.2) is 0 Å². The van der Waals surface area contributed by atoms with E-state index in [1.54, 1.807) is 23.1 Å². The van der Waals surface area contributed by atoms with Crippen LogP contribution in [0.3, 0.4) is 0 Å². The molecule has 0 atom stereocenters. The maximum atomic E-state index is 12.7. The number of hydrogen-bond donors (Lipinski definition) is 1. The van der Waals surface area contributed by atoms with Gasteiger partial charge in [-0.15, -0.1) is 5.10 Å². The molecular formula is C22H23N9O. The van der Waals surface area contributed by atoms with E-state index in [-0.39, 0.29) is 11.9 Å². The number of nitrogens with one attached hydrogen (secondary N) is 1. The first-order valence-corrected chi connectivity index (χ1v) is 10.4. The van der Waals surface area contributed by atoms with Gasteiger partial charge < -0.3 is 9.80 Å². The number of amides is 1. The fourth-order valence-corrected chi connectivity index (χ4v) is 3.64. The first kappa shape index (κ1) is 20.0. The molecule has 5 rings (SSSR count). The smallest absolute Gasteiger partial charge is 0.259 e. The normalized spacial score (nSPS) is 14.6. The monoisotopic (exact) mass is 429 g/mol.